The fraction of sp³-hybridized carbons (Fsp3) is 0.625. The minimum Gasteiger partial charge on any atom is -0.490 e. The zero-order chi connectivity index (χ0) is 13.8. The minimum absolute atomic E-state index is 0.122. The Balaban J connectivity index is 2.03. The van der Waals surface area contributed by atoms with Crippen LogP contribution < -0.4 is 0 Å². The van der Waals surface area contributed by atoms with Crippen LogP contribution in [0, 0.1) is 11.3 Å². The average Bonchev–Trinajstić information content (AvgIpc) is 2.62. The molecule has 0 spiro atoms. The summed E-state index contributed by atoms with van der Waals surface area (Å²) in [5.74, 6) is 0.874. The molecule has 104 valence electrons. The first-order valence-electron chi connectivity index (χ1n) is 6.99. The first-order chi connectivity index (χ1) is 8.93. The van der Waals surface area contributed by atoms with E-state index in [-0.39, 0.29) is 17.4 Å². The van der Waals surface area contributed by atoms with Gasteiger partial charge in [-0.3, -0.25) is 5.26 Å². The standard InChI is InChI=1S/C16H22O3/c1-10-6-5-7-15(4)9-14-13(8-16(10,15)19-17)11(2)12(3)18-14/h13-14,17H,1-3,5-9H2,4H3/t13-,14-,15-,16+/m1/s1. The van der Waals surface area contributed by atoms with E-state index in [0.717, 1.165) is 36.8 Å². The molecule has 3 aliphatic rings. The molecular formula is C16H22O3. The van der Waals surface area contributed by atoms with Gasteiger partial charge in [-0.1, -0.05) is 26.7 Å². The number of hydrogen-bond donors (Lipinski definition) is 1. The van der Waals surface area contributed by atoms with Gasteiger partial charge in [0.15, 0.2) is 0 Å². The van der Waals surface area contributed by atoms with Crippen molar-refractivity contribution in [1.82, 2.24) is 0 Å². The number of ether oxygens (including phenoxy) is 1. The molecule has 1 heterocycles. The number of fused-ring (bicyclic) bond motifs is 2. The topological polar surface area (TPSA) is 38.7 Å². The van der Waals surface area contributed by atoms with Crippen molar-refractivity contribution >= 4 is 0 Å². The number of allylic oxidation sites excluding steroid dienone is 1. The van der Waals surface area contributed by atoms with Gasteiger partial charge in [0.2, 0.25) is 0 Å². The van der Waals surface area contributed by atoms with Gasteiger partial charge in [-0.2, -0.15) is 0 Å². The Labute approximate surface area is 114 Å². The van der Waals surface area contributed by atoms with Gasteiger partial charge in [0.1, 0.15) is 17.5 Å². The lowest BCUT2D eigenvalue weighted by molar-refractivity contribution is -0.357. The first-order valence-corrected chi connectivity index (χ1v) is 6.99. The first kappa shape index (κ1) is 12.9. The molecule has 1 saturated heterocycles. The van der Waals surface area contributed by atoms with E-state index in [0.29, 0.717) is 12.2 Å². The second-order valence-electron chi connectivity index (χ2n) is 6.56. The Bertz CT molecular complexity index is 467. The highest BCUT2D eigenvalue weighted by Gasteiger charge is 2.61. The Morgan fingerprint density at radius 1 is 1.32 bits per heavy atom. The zero-order valence-electron chi connectivity index (χ0n) is 11.6. The van der Waals surface area contributed by atoms with Crippen molar-refractivity contribution in [3.63, 3.8) is 0 Å². The molecule has 0 bridgehead atoms. The van der Waals surface area contributed by atoms with Crippen molar-refractivity contribution in [2.24, 2.45) is 11.3 Å². The van der Waals surface area contributed by atoms with Crippen LogP contribution in [0.2, 0.25) is 0 Å². The molecule has 3 fully saturated rings. The van der Waals surface area contributed by atoms with E-state index in [1.165, 1.54) is 0 Å². The summed E-state index contributed by atoms with van der Waals surface area (Å²) in [4.78, 5) is 5.06. The third-order valence-corrected chi connectivity index (χ3v) is 5.62. The van der Waals surface area contributed by atoms with E-state index in [2.05, 4.69) is 26.7 Å². The van der Waals surface area contributed by atoms with Crippen molar-refractivity contribution in [3.05, 3.63) is 36.6 Å². The molecule has 2 aliphatic carbocycles. The Morgan fingerprint density at radius 3 is 2.74 bits per heavy atom. The molecule has 0 aromatic rings. The highest BCUT2D eigenvalue weighted by atomic mass is 17.1. The summed E-state index contributed by atoms with van der Waals surface area (Å²) in [6, 6.07) is 0. The predicted molar refractivity (Wildman–Crippen MR) is 73.4 cm³/mol. The Morgan fingerprint density at radius 2 is 2.05 bits per heavy atom. The van der Waals surface area contributed by atoms with Crippen molar-refractivity contribution in [2.75, 3.05) is 0 Å². The second-order valence-corrected chi connectivity index (χ2v) is 6.56. The van der Waals surface area contributed by atoms with Crippen LogP contribution in [0.3, 0.4) is 0 Å². The highest BCUT2D eigenvalue weighted by Crippen LogP contribution is 2.61. The summed E-state index contributed by atoms with van der Waals surface area (Å²) in [6.07, 6.45) is 4.72. The van der Waals surface area contributed by atoms with Crippen LogP contribution in [0.25, 0.3) is 0 Å². The molecule has 0 aromatic carbocycles. The van der Waals surface area contributed by atoms with E-state index >= 15 is 0 Å². The van der Waals surface area contributed by atoms with E-state index in [9.17, 15) is 5.26 Å². The fourth-order valence-corrected chi connectivity index (χ4v) is 4.36. The number of hydrogen-bond acceptors (Lipinski definition) is 3. The van der Waals surface area contributed by atoms with Gasteiger partial charge in [-0.05, 0) is 43.3 Å². The lowest BCUT2D eigenvalue weighted by Crippen LogP contribution is -2.58. The molecule has 4 atom stereocenters. The van der Waals surface area contributed by atoms with Crippen molar-refractivity contribution in [3.8, 4) is 0 Å². The van der Waals surface area contributed by atoms with Gasteiger partial charge >= 0.3 is 0 Å². The summed E-state index contributed by atoms with van der Waals surface area (Å²) < 4.78 is 5.86. The van der Waals surface area contributed by atoms with Crippen LogP contribution >= 0.6 is 0 Å². The van der Waals surface area contributed by atoms with Crippen molar-refractivity contribution in [2.45, 2.75) is 50.7 Å². The molecule has 3 nitrogen and oxygen atoms in total. The quantitative estimate of drug-likeness (QED) is 0.443. The summed E-state index contributed by atoms with van der Waals surface area (Å²) in [6.45, 7) is 14.3. The van der Waals surface area contributed by atoms with Crippen LogP contribution in [0.4, 0.5) is 0 Å². The Kier molecular flexibility index (Phi) is 2.70. The monoisotopic (exact) mass is 262 g/mol. The molecule has 1 N–H and O–H groups in total. The normalized spacial score (nSPS) is 45.7. The summed E-state index contributed by atoms with van der Waals surface area (Å²) in [5, 5.41) is 9.63. The molecule has 0 unspecified atom stereocenters. The van der Waals surface area contributed by atoms with E-state index in [1.807, 2.05) is 0 Å². The predicted octanol–water partition coefficient (Wildman–Crippen LogP) is 3.84. The molecular weight excluding hydrogens is 240 g/mol. The van der Waals surface area contributed by atoms with Gasteiger partial charge in [0.25, 0.3) is 0 Å². The largest absolute Gasteiger partial charge is 0.490 e. The van der Waals surface area contributed by atoms with Crippen LogP contribution in [0.5, 0.6) is 0 Å². The average molecular weight is 262 g/mol. The zero-order valence-corrected chi connectivity index (χ0v) is 11.6. The minimum atomic E-state index is -0.649. The Hall–Kier alpha value is -1.06. The van der Waals surface area contributed by atoms with E-state index in [4.69, 9.17) is 9.62 Å². The maximum Gasteiger partial charge on any atom is 0.130 e. The SMILES string of the molecule is C=C1O[C@@H]2C[C@@]3(C)CCCC(=C)[C@@]3(OO)C[C@@H]2C1=C. The molecule has 3 heteroatoms. The summed E-state index contributed by atoms with van der Waals surface area (Å²) in [5.41, 5.74) is 1.18. The highest BCUT2D eigenvalue weighted by molar-refractivity contribution is 5.35. The number of rotatable bonds is 1. The van der Waals surface area contributed by atoms with Gasteiger partial charge in [-0.15, -0.1) is 0 Å². The van der Waals surface area contributed by atoms with Crippen molar-refractivity contribution < 1.29 is 14.9 Å². The molecule has 0 radical (unpaired) electrons. The third-order valence-electron chi connectivity index (χ3n) is 5.62. The smallest absolute Gasteiger partial charge is 0.130 e. The van der Waals surface area contributed by atoms with Crippen LogP contribution in [-0.2, 0) is 9.62 Å². The molecule has 0 aromatic heterocycles. The molecule has 0 amide bonds. The van der Waals surface area contributed by atoms with Gasteiger partial charge < -0.3 is 4.74 Å². The summed E-state index contributed by atoms with van der Waals surface area (Å²) >= 11 is 0. The third kappa shape index (κ3) is 1.52. The van der Waals surface area contributed by atoms with E-state index < -0.39 is 5.60 Å². The van der Waals surface area contributed by atoms with Gasteiger partial charge in [-0.25, -0.2) is 4.89 Å². The fourth-order valence-electron chi connectivity index (χ4n) is 4.36. The maximum atomic E-state index is 9.63. The molecule has 2 saturated carbocycles. The maximum absolute atomic E-state index is 9.63. The van der Waals surface area contributed by atoms with Crippen LogP contribution in [0.15, 0.2) is 36.6 Å². The lowest BCUT2D eigenvalue weighted by atomic mass is 9.53. The molecule has 19 heavy (non-hydrogen) atoms. The molecule has 3 rings (SSSR count). The summed E-state index contributed by atoms with van der Waals surface area (Å²) in [7, 11) is 0. The molecule has 1 aliphatic heterocycles. The lowest BCUT2D eigenvalue weighted by Gasteiger charge is -2.56. The van der Waals surface area contributed by atoms with Crippen LogP contribution in [-0.4, -0.2) is 17.0 Å². The van der Waals surface area contributed by atoms with Crippen LogP contribution in [0.1, 0.15) is 39.0 Å². The van der Waals surface area contributed by atoms with Crippen molar-refractivity contribution in [1.29, 1.82) is 0 Å². The second kappa shape index (κ2) is 3.97. The van der Waals surface area contributed by atoms with Gasteiger partial charge in [0.05, 0.1) is 0 Å². The van der Waals surface area contributed by atoms with Gasteiger partial charge in [0, 0.05) is 11.3 Å². The van der Waals surface area contributed by atoms with E-state index in [1.54, 1.807) is 0 Å².